The van der Waals surface area contributed by atoms with Crippen LogP contribution in [-0.2, 0) is 20.7 Å². The van der Waals surface area contributed by atoms with Crippen LogP contribution in [0.4, 0.5) is 5.69 Å². The first-order valence-corrected chi connectivity index (χ1v) is 10.3. The van der Waals surface area contributed by atoms with Gasteiger partial charge in [-0.25, -0.2) is 0 Å². The summed E-state index contributed by atoms with van der Waals surface area (Å²) in [6, 6.07) is 7.82. The van der Waals surface area contributed by atoms with E-state index in [1.165, 1.54) is 21.1 Å². The van der Waals surface area contributed by atoms with Crippen molar-refractivity contribution >= 4 is 17.5 Å². The summed E-state index contributed by atoms with van der Waals surface area (Å²) >= 11 is 0. The summed E-state index contributed by atoms with van der Waals surface area (Å²) < 4.78 is 5.51. The molecule has 2 amide bonds. The van der Waals surface area contributed by atoms with E-state index in [0.29, 0.717) is 12.1 Å². The number of benzene rings is 1. The van der Waals surface area contributed by atoms with E-state index in [1.54, 1.807) is 0 Å². The molecule has 2 fully saturated rings. The van der Waals surface area contributed by atoms with Crippen LogP contribution in [-0.4, -0.2) is 38.1 Å². The zero-order valence-corrected chi connectivity index (χ0v) is 16.1. The van der Waals surface area contributed by atoms with Crippen molar-refractivity contribution in [3.8, 4) is 0 Å². The topological polar surface area (TPSA) is 51.1 Å². The van der Waals surface area contributed by atoms with Gasteiger partial charge in [0.25, 0.3) is 0 Å². The molecule has 3 aliphatic rings. The lowest BCUT2D eigenvalue weighted by Gasteiger charge is -2.34. The molecule has 5 nitrogen and oxygen atoms in total. The molecule has 2 saturated heterocycles. The Labute approximate surface area is 161 Å². The second-order valence-corrected chi connectivity index (χ2v) is 7.81. The van der Waals surface area contributed by atoms with Crippen LogP contribution in [0.2, 0.25) is 0 Å². The number of rotatable bonds is 4. The van der Waals surface area contributed by atoms with Crippen LogP contribution in [0.25, 0.3) is 0 Å². The number of imide groups is 1. The number of ether oxygens (including phenoxy) is 1. The Bertz CT molecular complexity index is 734. The summed E-state index contributed by atoms with van der Waals surface area (Å²) in [5, 5.41) is 0. The van der Waals surface area contributed by atoms with Gasteiger partial charge in [0, 0.05) is 12.3 Å². The number of quaternary nitrogens is 1. The van der Waals surface area contributed by atoms with Crippen molar-refractivity contribution in [2.24, 2.45) is 11.8 Å². The predicted molar refractivity (Wildman–Crippen MR) is 103 cm³/mol. The molecule has 1 aliphatic carbocycles. The van der Waals surface area contributed by atoms with E-state index < -0.39 is 0 Å². The number of hydrogen-bond donors (Lipinski definition) is 1. The fraction of sp³-hybridized carbons (Fsp3) is 0.545. The third-order valence-electron chi connectivity index (χ3n) is 6.26. The molecule has 0 spiro atoms. The molecule has 2 heterocycles. The maximum absolute atomic E-state index is 13.2. The van der Waals surface area contributed by atoms with E-state index in [0.717, 1.165) is 52.0 Å². The first kappa shape index (κ1) is 18.4. The average Bonchev–Trinajstić information content (AvgIpc) is 3.02. The van der Waals surface area contributed by atoms with Crippen molar-refractivity contribution in [1.82, 2.24) is 0 Å². The van der Waals surface area contributed by atoms with Gasteiger partial charge in [-0.15, -0.1) is 0 Å². The number of carbonyl (C=O) groups excluding carboxylic acids is 2. The minimum atomic E-state index is -0.217. The standard InChI is InChI=1S/C22H28N2O3/c1-2-16-7-9-17(10-8-16)24-21(25)15-19(22(24)26)18-5-3-4-6-20(18)23-11-13-27-14-12-23/h6-10,18-19H,2-5,11-15H2,1H3/p+1/t18-,19-/m1/s1. The lowest BCUT2D eigenvalue weighted by atomic mass is 9.80. The van der Waals surface area contributed by atoms with Crippen LogP contribution in [0.5, 0.6) is 0 Å². The van der Waals surface area contributed by atoms with Gasteiger partial charge in [-0.05, 0) is 49.5 Å². The van der Waals surface area contributed by atoms with Crippen molar-refractivity contribution < 1.29 is 19.2 Å². The molecule has 5 heteroatoms. The number of morpholine rings is 1. The average molecular weight is 369 g/mol. The summed E-state index contributed by atoms with van der Waals surface area (Å²) in [4.78, 5) is 28.8. The Kier molecular flexibility index (Phi) is 5.41. The van der Waals surface area contributed by atoms with Gasteiger partial charge in [-0.1, -0.05) is 19.1 Å². The number of allylic oxidation sites excluding steroid dienone is 2. The van der Waals surface area contributed by atoms with Gasteiger partial charge in [0.05, 0.1) is 24.8 Å². The molecule has 0 bridgehead atoms. The first-order chi connectivity index (χ1) is 13.2. The molecular formula is C22H29N2O3+. The van der Waals surface area contributed by atoms with Crippen molar-refractivity contribution in [1.29, 1.82) is 0 Å². The smallest absolute Gasteiger partial charge is 0.238 e. The predicted octanol–water partition coefficient (Wildman–Crippen LogP) is 1.73. The molecule has 0 saturated carbocycles. The van der Waals surface area contributed by atoms with Gasteiger partial charge in [0.2, 0.25) is 11.8 Å². The number of aryl methyl sites for hydroxylation is 1. The van der Waals surface area contributed by atoms with E-state index in [2.05, 4.69) is 13.0 Å². The quantitative estimate of drug-likeness (QED) is 0.823. The second kappa shape index (κ2) is 7.95. The second-order valence-electron chi connectivity index (χ2n) is 7.81. The minimum absolute atomic E-state index is 0.0188. The van der Waals surface area contributed by atoms with Gasteiger partial charge < -0.3 is 9.64 Å². The van der Waals surface area contributed by atoms with E-state index in [1.807, 2.05) is 24.3 Å². The lowest BCUT2D eigenvalue weighted by molar-refractivity contribution is -0.874. The number of nitrogens with one attached hydrogen (secondary N) is 1. The summed E-state index contributed by atoms with van der Waals surface area (Å²) in [5.41, 5.74) is 3.27. The van der Waals surface area contributed by atoms with Crippen molar-refractivity contribution in [3.05, 3.63) is 41.6 Å². The SMILES string of the molecule is CCc1ccc(N2C(=O)C[C@H]([C@H]3CCCC=C3[NH+]3CCOCC3)C2=O)cc1. The molecule has 2 aliphatic heterocycles. The Morgan fingerprint density at radius 3 is 2.56 bits per heavy atom. The van der Waals surface area contributed by atoms with Crippen molar-refractivity contribution in [2.75, 3.05) is 31.2 Å². The van der Waals surface area contributed by atoms with Gasteiger partial charge >= 0.3 is 0 Å². The van der Waals surface area contributed by atoms with Crippen LogP contribution >= 0.6 is 0 Å². The van der Waals surface area contributed by atoms with E-state index in [4.69, 9.17) is 4.74 Å². The number of carbonyl (C=O) groups is 2. The number of anilines is 1. The molecule has 4 rings (SSSR count). The van der Waals surface area contributed by atoms with E-state index in [9.17, 15) is 9.59 Å². The molecule has 1 aromatic rings. The van der Waals surface area contributed by atoms with E-state index in [-0.39, 0.29) is 23.7 Å². The van der Waals surface area contributed by atoms with Crippen LogP contribution in [0.15, 0.2) is 36.0 Å². The van der Waals surface area contributed by atoms with Crippen LogP contribution in [0, 0.1) is 11.8 Å². The van der Waals surface area contributed by atoms with Gasteiger partial charge in [-0.3, -0.25) is 14.5 Å². The molecular weight excluding hydrogens is 340 g/mol. The van der Waals surface area contributed by atoms with E-state index >= 15 is 0 Å². The fourth-order valence-corrected chi connectivity index (χ4v) is 4.75. The molecule has 27 heavy (non-hydrogen) atoms. The van der Waals surface area contributed by atoms with Crippen LogP contribution in [0.3, 0.4) is 0 Å². The van der Waals surface area contributed by atoms with Gasteiger partial charge in [0.15, 0.2) is 0 Å². The van der Waals surface area contributed by atoms with Crippen molar-refractivity contribution in [2.45, 2.75) is 39.0 Å². The molecule has 0 radical (unpaired) electrons. The summed E-state index contributed by atoms with van der Waals surface area (Å²) in [6.07, 6.45) is 6.78. The summed E-state index contributed by atoms with van der Waals surface area (Å²) in [5.74, 6) is -0.112. The molecule has 0 unspecified atom stereocenters. The third kappa shape index (κ3) is 3.58. The van der Waals surface area contributed by atoms with Gasteiger partial charge in [-0.2, -0.15) is 0 Å². The normalized spacial score (nSPS) is 27.1. The zero-order valence-electron chi connectivity index (χ0n) is 16.1. The molecule has 1 N–H and O–H groups in total. The highest BCUT2D eigenvalue weighted by Crippen LogP contribution is 2.37. The van der Waals surface area contributed by atoms with Crippen molar-refractivity contribution in [3.63, 3.8) is 0 Å². The molecule has 2 atom stereocenters. The number of nitrogens with zero attached hydrogens (tertiary/aromatic N) is 1. The third-order valence-corrected chi connectivity index (χ3v) is 6.26. The lowest BCUT2D eigenvalue weighted by Crippen LogP contribution is -3.13. The Hall–Kier alpha value is -1.98. The minimum Gasteiger partial charge on any atom is -0.370 e. The maximum Gasteiger partial charge on any atom is 0.238 e. The summed E-state index contributed by atoms with van der Waals surface area (Å²) in [6.45, 7) is 5.56. The van der Waals surface area contributed by atoms with Gasteiger partial charge in [0.1, 0.15) is 18.8 Å². The number of amides is 2. The summed E-state index contributed by atoms with van der Waals surface area (Å²) in [7, 11) is 0. The largest absolute Gasteiger partial charge is 0.370 e. The maximum atomic E-state index is 13.2. The number of hydrogen-bond acceptors (Lipinski definition) is 3. The molecule has 0 aromatic heterocycles. The first-order valence-electron chi connectivity index (χ1n) is 10.3. The molecule has 144 valence electrons. The fourth-order valence-electron chi connectivity index (χ4n) is 4.75. The van der Waals surface area contributed by atoms with Crippen LogP contribution in [0.1, 0.15) is 38.2 Å². The highest BCUT2D eigenvalue weighted by Gasteiger charge is 2.47. The zero-order chi connectivity index (χ0) is 18.8. The monoisotopic (exact) mass is 369 g/mol. The molecule has 1 aromatic carbocycles. The Morgan fingerprint density at radius 1 is 1.11 bits per heavy atom. The highest BCUT2D eigenvalue weighted by atomic mass is 16.5. The highest BCUT2D eigenvalue weighted by molar-refractivity contribution is 6.21. The Balaban J connectivity index is 1.56. The Morgan fingerprint density at radius 2 is 1.85 bits per heavy atom. The van der Waals surface area contributed by atoms with Crippen LogP contribution < -0.4 is 9.80 Å².